The van der Waals surface area contributed by atoms with E-state index in [0.717, 1.165) is 10.6 Å². The number of hydrogen-bond donors (Lipinski definition) is 0. The van der Waals surface area contributed by atoms with Crippen LogP contribution in [0.5, 0.6) is 0 Å². The van der Waals surface area contributed by atoms with Crippen molar-refractivity contribution in [3.8, 4) is 0 Å². The molecule has 0 aromatic heterocycles. The fraction of sp³-hybridized carbons (Fsp3) is 0.429. The van der Waals surface area contributed by atoms with Crippen LogP contribution in [0, 0.1) is 5.82 Å². The summed E-state index contributed by atoms with van der Waals surface area (Å²) >= 11 is 5.79. The molecule has 0 aliphatic rings. The normalized spacial score (nSPS) is 9.04. The molecule has 0 nitrogen and oxygen atoms in total. The van der Waals surface area contributed by atoms with Crippen molar-refractivity contribution in [2.45, 2.75) is 61.8 Å². The van der Waals surface area contributed by atoms with Gasteiger partial charge in [0, 0.05) is 5.02 Å². The van der Waals surface area contributed by atoms with Gasteiger partial charge in [-0.25, -0.2) is 4.39 Å². The van der Waals surface area contributed by atoms with Crippen LogP contribution in [0.2, 0.25) is 5.02 Å². The highest BCUT2D eigenvalue weighted by Gasteiger charge is 1.98. The van der Waals surface area contributed by atoms with Crippen molar-refractivity contribution >= 4 is 11.6 Å². The van der Waals surface area contributed by atoms with Crippen molar-refractivity contribution in [3.05, 3.63) is 70.5 Å². The Morgan fingerprint density at radius 3 is 1.48 bits per heavy atom. The van der Waals surface area contributed by atoms with Gasteiger partial charge in [-0.1, -0.05) is 85.8 Å². The van der Waals surface area contributed by atoms with Gasteiger partial charge in [0.2, 0.25) is 0 Å². The molecule has 0 amide bonds. The summed E-state index contributed by atoms with van der Waals surface area (Å²) in [6, 6.07) is 14.7. The fourth-order valence-electron chi connectivity index (χ4n) is 1.73. The van der Waals surface area contributed by atoms with Gasteiger partial charge >= 0.3 is 0 Å². The number of rotatable bonds is 2. The Morgan fingerprint density at radius 2 is 1.17 bits per heavy atom. The topological polar surface area (TPSA) is 0 Å². The summed E-state index contributed by atoms with van der Waals surface area (Å²) in [7, 11) is 0. The average molecular weight is 341 g/mol. The lowest BCUT2D eigenvalue weighted by molar-refractivity contribution is 0.623. The van der Waals surface area contributed by atoms with Gasteiger partial charge in [-0.2, -0.15) is 0 Å². The first-order valence-corrected chi connectivity index (χ1v) is 7.29. The van der Waals surface area contributed by atoms with Gasteiger partial charge in [0.1, 0.15) is 5.82 Å². The van der Waals surface area contributed by atoms with E-state index in [-0.39, 0.29) is 28.1 Å². The standard InChI is InChI=1S/C9H11Cl.C9H11F.3CH4/c2*1-7(2)8-4-3-5-9(10)6-8;;;/h2*3-7H,1-2H3;3*1H4. The molecule has 0 aliphatic carbocycles. The van der Waals surface area contributed by atoms with Gasteiger partial charge in [0.05, 0.1) is 0 Å². The van der Waals surface area contributed by atoms with Gasteiger partial charge in [-0.15, -0.1) is 0 Å². The van der Waals surface area contributed by atoms with Gasteiger partial charge in [-0.05, 0) is 47.2 Å². The van der Waals surface area contributed by atoms with Crippen LogP contribution in [0.25, 0.3) is 0 Å². The van der Waals surface area contributed by atoms with Crippen LogP contribution in [-0.4, -0.2) is 0 Å². The molecule has 0 unspecified atom stereocenters. The SMILES string of the molecule is C.C.C.CC(C)c1cccc(Cl)c1.CC(C)c1cccc(F)c1. The molecule has 0 fully saturated rings. The number of benzene rings is 2. The molecular formula is C21H34ClF. The third-order valence-electron chi connectivity index (χ3n) is 3.03. The first kappa shape index (κ1) is 26.6. The van der Waals surface area contributed by atoms with Crippen LogP contribution in [0.15, 0.2) is 48.5 Å². The maximum atomic E-state index is 12.5. The summed E-state index contributed by atoms with van der Waals surface area (Å²) in [5.41, 5.74) is 2.35. The number of hydrogen-bond acceptors (Lipinski definition) is 0. The predicted molar refractivity (Wildman–Crippen MR) is 106 cm³/mol. The molecule has 0 aliphatic heterocycles. The molecule has 2 heteroatoms. The first-order valence-electron chi connectivity index (χ1n) is 6.91. The second kappa shape index (κ2) is 13.1. The zero-order chi connectivity index (χ0) is 15.1. The molecule has 0 atom stereocenters. The molecule has 0 heterocycles. The van der Waals surface area contributed by atoms with Crippen LogP contribution in [0.1, 0.15) is 72.9 Å². The smallest absolute Gasteiger partial charge is 0.123 e. The van der Waals surface area contributed by atoms with Gasteiger partial charge in [0.25, 0.3) is 0 Å². The Hall–Kier alpha value is -1.34. The van der Waals surface area contributed by atoms with Crippen LogP contribution >= 0.6 is 11.6 Å². The third kappa shape index (κ3) is 10.1. The fourth-order valence-corrected chi connectivity index (χ4v) is 1.93. The Bertz CT molecular complexity index is 483. The number of halogens is 2. The Morgan fingerprint density at radius 1 is 0.739 bits per heavy atom. The molecule has 0 bridgehead atoms. The quantitative estimate of drug-likeness (QED) is 0.515. The second-order valence-electron chi connectivity index (χ2n) is 5.42. The molecular weight excluding hydrogens is 307 g/mol. The molecule has 23 heavy (non-hydrogen) atoms. The van der Waals surface area contributed by atoms with Crippen molar-refractivity contribution in [1.29, 1.82) is 0 Å². The summed E-state index contributed by atoms with van der Waals surface area (Å²) in [6.45, 7) is 8.42. The molecule has 132 valence electrons. The van der Waals surface area contributed by atoms with Crippen molar-refractivity contribution in [2.75, 3.05) is 0 Å². The maximum absolute atomic E-state index is 12.5. The molecule has 2 rings (SSSR count). The van der Waals surface area contributed by atoms with E-state index in [9.17, 15) is 4.39 Å². The molecule has 0 saturated heterocycles. The highest BCUT2D eigenvalue weighted by atomic mass is 35.5. The van der Waals surface area contributed by atoms with Gasteiger partial charge < -0.3 is 0 Å². The Balaban J connectivity index is -0.000000308. The highest BCUT2D eigenvalue weighted by Crippen LogP contribution is 2.18. The van der Waals surface area contributed by atoms with Crippen LogP contribution in [0.4, 0.5) is 4.39 Å². The summed E-state index contributed by atoms with van der Waals surface area (Å²) in [6.07, 6.45) is 0. The largest absolute Gasteiger partial charge is 0.207 e. The monoisotopic (exact) mass is 340 g/mol. The van der Waals surface area contributed by atoms with Crippen molar-refractivity contribution < 1.29 is 4.39 Å². The van der Waals surface area contributed by atoms with E-state index in [4.69, 9.17) is 11.6 Å². The van der Waals surface area contributed by atoms with E-state index in [1.54, 1.807) is 12.1 Å². The van der Waals surface area contributed by atoms with Crippen LogP contribution in [-0.2, 0) is 0 Å². The van der Waals surface area contributed by atoms with Crippen molar-refractivity contribution in [1.82, 2.24) is 0 Å². The van der Waals surface area contributed by atoms with Crippen LogP contribution in [0.3, 0.4) is 0 Å². The maximum Gasteiger partial charge on any atom is 0.123 e. The molecule has 0 radical (unpaired) electrons. The summed E-state index contributed by atoms with van der Waals surface area (Å²) in [5.74, 6) is 0.834. The first-order chi connectivity index (χ1) is 9.40. The average Bonchev–Trinajstić information content (AvgIpc) is 2.39. The molecule has 2 aromatic carbocycles. The lowest BCUT2D eigenvalue weighted by atomic mass is 10.0. The zero-order valence-corrected chi connectivity index (χ0v) is 13.3. The third-order valence-corrected chi connectivity index (χ3v) is 3.27. The minimum Gasteiger partial charge on any atom is -0.207 e. The minimum absolute atomic E-state index is 0. The summed E-state index contributed by atoms with van der Waals surface area (Å²) < 4.78 is 12.5. The minimum atomic E-state index is -0.147. The predicted octanol–water partition coefficient (Wildman–Crippen LogP) is 8.32. The van der Waals surface area contributed by atoms with E-state index in [1.807, 2.05) is 24.3 Å². The molecule has 0 spiro atoms. The Kier molecular flexibility index (Phi) is 15.2. The van der Waals surface area contributed by atoms with Crippen molar-refractivity contribution in [2.24, 2.45) is 0 Å². The Labute approximate surface area is 148 Å². The summed E-state index contributed by atoms with van der Waals surface area (Å²) in [4.78, 5) is 0. The van der Waals surface area contributed by atoms with Crippen LogP contribution < -0.4 is 0 Å². The molecule has 0 saturated carbocycles. The molecule has 0 N–H and O–H groups in total. The highest BCUT2D eigenvalue weighted by molar-refractivity contribution is 6.30. The zero-order valence-electron chi connectivity index (χ0n) is 12.5. The van der Waals surface area contributed by atoms with E-state index in [1.165, 1.54) is 11.6 Å². The second-order valence-corrected chi connectivity index (χ2v) is 5.86. The summed E-state index contributed by atoms with van der Waals surface area (Å²) in [5, 5.41) is 0.825. The van der Waals surface area contributed by atoms with E-state index < -0.39 is 0 Å². The molecule has 2 aromatic rings. The van der Waals surface area contributed by atoms with E-state index >= 15 is 0 Å². The van der Waals surface area contributed by atoms with E-state index in [2.05, 4.69) is 33.8 Å². The van der Waals surface area contributed by atoms with Gasteiger partial charge in [-0.3, -0.25) is 0 Å². The van der Waals surface area contributed by atoms with Crippen molar-refractivity contribution in [3.63, 3.8) is 0 Å². The lowest BCUT2D eigenvalue weighted by Gasteiger charge is -2.03. The van der Waals surface area contributed by atoms with Gasteiger partial charge in [0.15, 0.2) is 0 Å². The van der Waals surface area contributed by atoms with E-state index in [0.29, 0.717) is 11.8 Å². The lowest BCUT2D eigenvalue weighted by Crippen LogP contribution is -1.86.